The Balaban J connectivity index is 1.88. The molecule has 0 bridgehead atoms. The Morgan fingerprint density at radius 2 is 2.29 bits per heavy atom. The number of hydrogen-bond donors (Lipinski definition) is 1. The maximum Gasteiger partial charge on any atom is 0.125 e. The second kappa shape index (κ2) is 3.99. The van der Waals surface area contributed by atoms with Gasteiger partial charge in [-0.25, -0.2) is 4.39 Å². The lowest BCUT2D eigenvalue weighted by Crippen LogP contribution is -2.15. The predicted octanol–water partition coefficient (Wildman–Crippen LogP) is 3.43. The molecule has 76 valence electrons. The zero-order valence-electron chi connectivity index (χ0n) is 8.46. The van der Waals surface area contributed by atoms with Gasteiger partial charge in [0.25, 0.3) is 0 Å². The van der Waals surface area contributed by atoms with Gasteiger partial charge >= 0.3 is 0 Å². The number of halogens is 1. The van der Waals surface area contributed by atoms with Crippen molar-refractivity contribution in [1.82, 2.24) is 0 Å². The molecule has 14 heavy (non-hydrogen) atoms. The van der Waals surface area contributed by atoms with Gasteiger partial charge in [0.05, 0.1) is 0 Å². The maximum atomic E-state index is 12.9. The first kappa shape index (κ1) is 9.50. The number of anilines is 1. The molecule has 0 heterocycles. The monoisotopic (exact) mass is 193 g/mol. The van der Waals surface area contributed by atoms with Crippen LogP contribution in [0.3, 0.4) is 0 Å². The SMILES string of the molecule is CC(CC1CC1)Nc1cccc(F)c1. The van der Waals surface area contributed by atoms with E-state index in [1.165, 1.54) is 25.3 Å². The number of nitrogens with one attached hydrogen (secondary N) is 1. The van der Waals surface area contributed by atoms with Crippen molar-refractivity contribution in [3.8, 4) is 0 Å². The zero-order chi connectivity index (χ0) is 9.97. The molecule has 0 radical (unpaired) electrons. The van der Waals surface area contributed by atoms with E-state index in [0.717, 1.165) is 11.6 Å². The van der Waals surface area contributed by atoms with E-state index >= 15 is 0 Å². The van der Waals surface area contributed by atoms with Crippen molar-refractivity contribution in [3.05, 3.63) is 30.1 Å². The normalized spacial score (nSPS) is 17.9. The van der Waals surface area contributed by atoms with E-state index in [9.17, 15) is 4.39 Å². The first-order chi connectivity index (χ1) is 6.74. The lowest BCUT2D eigenvalue weighted by atomic mass is 10.1. The van der Waals surface area contributed by atoms with Crippen molar-refractivity contribution in [2.24, 2.45) is 5.92 Å². The first-order valence-corrected chi connectivity index (χ1v) is 5.26. The van der Waals surface area contributed by atoms with E-state index in [-0.39, 0.29) is 5.82 Å². The number of rotatable bonds is 4. The van der Waals surface area contributed by atoms with Crippen LogP contribution in [0, 0.1) is 11.7 Å². The van der Waals surface area contributed by atoms with E-state index in [2.05, 4.69) is 12.2 Å². The predicted molar refractivity (Wildman–Crippen MR) is 56.8 cm³/mol. The average Bonchev–Trinajstić information content (AvgIpc) is 2.87. The second-order valence-electron chi connectivity index (χ2n) is 4.23. The fraction of sp³-hybridized carbons (Fsp3) is 0.500. The topological polar surface area (TPSA) is 12.0 Å². The largest absolute Gasteiger partial charge is 0.382 e. The highest BCUT2D eigenvalue weighted by atomic mass is 19.1. The summed E-state index contributed by atoms with van der Waals surface area (Å²) in [6.07, 6.45) is 3.95. The fourth-order valence-electron chi connectivity index (χ4n) is 1.78. The van der Waals surface area contributed by atoms with Gasteiger partial charge in [0.1, 0.15) is 5.82 Å². The Hall–Kier alpha value is -1.05. The molecule has 1 aromatic carbocycles. The highest BCUT2D eigenvalue weighted by Gasteiger charge is 2.23. The molecule has 0 amide bonds. The van der Waals surface area contributed by atoms with E-state index in [4.69, 9.17) is 0 Å². The van der Waals surface area contributed by atoms with Crippen LogP contribution in [0.4, 0.5) is 10.1 Å². The molecule has 1 aliphatic rings. The standard InChI is InChI=1S/C12H16FN/c1-9(7-10-5-6-10)14-12-4-2-3-11(13)8-12/h2-4,8-10,14H,5-7H2,1H3. The summed E-state index contributed by atoms with van der Waals surface area (Å²) < 4.78 is 12.9. The van der Waals surface area contributed by atoms with Gasteiger partial charge in [-0.1, -0.05) is 18.9 Å². The molecule has 2 heteroatoms. The molecule has 0 spiro atoms. The molecule has 1 N–H and O–H groups in total. The fourth-order valence-corrected chi connectivity index (χ4v) is 1.78. The van der Waals surface area contributed by atoms with Gasteiger partial charge in [0.2, 0.25) is 0 Å². The summed E-state index contributed by atoms with van der Waals surface area (Å²) >= 11 is 0. The molecule has 1 atom stereocenters. The van der Waals surface area contributed by atoms with Gasteiger partial charge in [-0.3, -0.25) is 0 Å². The van der Waals surface area contributed by atoms with Crippen LogP contribution < -0.4 is 5.32 Å². The Kier molecular flexibility index (Phi) is 2.71. The third-order valence-electron chi connectivity index (χ3n) is 2.62. The van der Waals surface area contributed by atoms with Gasteiger partial charge in [-0.2, -0.15) is 0 Å². The third kappa shape index (κ3) is 2.72. The Morgan fingerprint density at radius 1 is 1.50 bits per heavy atom. The summed E-state index contributed by atoms with van der Waals surface area (Å²) in [5, 5.41) is 3.31. The molecule has 1 aliphatic carbocycles. The average molecular weight is 193 g/mol. The summed E-state index contributed by atoms with van der Waals surface area (Å²) in [7, 11) is 0. The molecule has 0 aliphatic heterocycles. The van der Waals surface area contributed by atoms with E-state index < -0.39 is 0 Å². The van der Waals surface area contributed by atoms with Crippen molar-refractivity contribution in [2.75, 3.05) is 5.32 Å². The lowest BCUT2D eigenvalue weighted by molar-refractivity contribution is 0.623. The van der Waals surface area contributed by atoms with Crippen LogP contribution in [0.1, 0.15) is 26.2 Å². The molecular formula is C12H16FN. The van der Waals surface area contributed by atoms with Crippen LogP contribution in [-0.4, -0.2) is 6.04 Å². The molecule has 0 saturated heterocycles. The van der Waals surface area contributed by atoms with Crippen LogP contribution in [0.25, 0.3) is 0 Å². The molecule has 1 saturated carbocycles. The van der Waals surface area contributed by atoms with Crippen molar-refractivity contribution < 1.29 is 4.39 Å². The van der Waals surface area contributed by atoms with Gasteiger partial charge in [0, 0.05) is 11.7 Å². The third-order valence-corrected chi connectivity index (χ3v) is 2.62. The van der Waals surface area contributed by atoms with E-state index in [1.807, 2.05) is 6.07 Å². The van der Waals surface area contributed by atoms with Crippen molar-refractivity contribution in [2.45, 2.75) is 32.2 Å². The van der Waals surface area contributed by atoms with Crippen LogP contribution in [0.5, 0.6) is 0 Å². The molecule has 1 fully saturated rings. The van der Waals surface area contributed by atoms with Crippen molar-refractivity contribution in [1.29, 1.82) is 0 Å². The van der Waals surface area contributed by atoms with Crippen LogP contribution in [0.15, 0.2) is 24.3 Å². The van der Waals surface area contributed by atoms with Gasteiger partial charge in [0.15, 0.2) is 0 Å². The molecular weight excluding hydrogens is 177 g/mol. The van der Waals surface area contributed by atoms with Crippen LogP contribution >= 0.6 is 0 Å². The Morgan fingerprint density at radius 3 is 2.93 bits per heavy atom. The summed E-state index contributed by atoms with van der Waals surface area (Å²) in [6.45, 7) is 2.16. The Bertz CT molecular complexity index is 307. The highest BCUT2D eigenvalue weighted by molar-refractivity contribution is 5.43. The number of benzene rings is 1. The van der Waals surface area contributed by atoms with E-state index in [0.29, 0.717) is 6.04 Å². The molecule has 1 aromatic rings. The zero-order valence-corrected chi connectivity index (χ0v) is 8.46. The number of hydrogen-bond acceptors (Lipinski definition) is 1. The lowest BCUT2D eigenvalue weighted by Gasteiger charge is -2.14. The van der Waals surface area contributed by atoms with Crippen LogP contribution in [0.2, 0.25) is 0 Å². The van der Waals surface area contributed by atoms with Gasteiger partial charge in [-0.05, 0) is 37.5 Å². The van der Waals surface area contributed by atoms with Gasteiger partial charge < -0.3 is 5.32 Å². The molecule has 2 rings (SSSR count). The minimum atomic E-state index is -0.173. The smallest absolute Gasteiger partial charge is 0.125 e. The van der Waals surface area contributed by atoms with Crippen molar-refractivity contribution >= 4 is 5.69 Å². The minimum absolute atomic E-state index is 0.173. The summed E-state index contributed by atoms with van der Waals surface area (Å²) in [5.41, 5.74) is 0.887. The van der Waals surface area contributed by atoms with Gasteiger partial charge in [-0.15, -0.1) is 0 Å². The second-order valence-corrected chi connectivity index (χ2v) is 4.23. The molecule has 0 aromatic heterocycles. The molecule has 1 unspecified atom stereocenters. The first-order valence-electron chi connectivity index (χ1n) is 5.26. The summed E-state index contributed by atoms with van der Waals surface area (Å²) in [6, 6.07) is 7.11. The summed E-state index contributed by atoms with van der Waals surface area (Å²) in [5.74, 6) is 0.736. The van der Waals surface area contributed by atoms with E-state index in [1.54, 1.807) is 12.1 Å². The minimum Gasteiger partial charge on any atom is -0.382 e. The maximum absolute atomic E-state index is 12.9. The molecule has 1 nitrogen and oxygen atoms in total. The Labute approximate surface area is 84.3 Å². The summed E-state index contributed by atoms with van der Waals surface area (Å²) in [4.78, 5) is 0. The quantitative estimate of drug-likeness (QED) is 0.772. The van der Waals surface area contributed by atoms with Crippen molar-refractivity contribution in [3.63, 3.8) is 0 Å². The van der Waals surface area contributed by atoms with Crippen LogP contribution in [-0.2, 0) is 0 Å². The highest BCUT2D eigenvalue weighted by Crippen LogP contribution is 2.34.